The predicted molar refractivity (Wildman–Crippen MR) is 97.2 cm³/mol. The summed E-state index contributed by atoms with van der Waals surface area (Å²) in [4.78, 5) is 29.8. The van der Waals surface area contributed by atoms with E-state index in [-0.39, 0.29) is 11.7 Å². The number of piperidine rings is 1. The molecule has 10 heteroatoms. The van der Waals surface area contributed by atoms with Crippen LogP contribution in [0.5, 0.6) is 5.75 Å². The molecule has 1 aromatic carbocycles. The number of aromatic nitrogens is 1. The molecular formula is C19H17F3N4O3. The molecule has 7 nitrogen and oxygen atoms in total. The summed E-state index contributed by atoms with van der Waals surface area (Å²) in [6.07, 6.45) is -2.30. The number of hydrogen-bond acceptors (Lipinski definition) is 5. The first-order valence-electron chi connectivity index (χ1n) is 8.95. The summed E-state index contributed by atoms with van der Waals surface area (Å²) in [7, 11) is 0. The van der Waals surface area contributed by atoms with Crippen molar-refractivity contribution in [1.29, 1.82) is 0 Å². The van der Waals surface area contributed by atoms with Gasteiger partial charge in [0.25, 0.3) is 5.91 Å². The Balaban J connectivity index is 1.51. The van der Waals surface area contributed by atoms with E-state index in [1.54, 1.807) is 24.4 Å². The van der Waals surface area contributed by atoms with E-state index in [0.29, 0.717) is 42.9 Å². The first kappa shape index (κ1) is 19.0. The average Bonchev–Trinajstić information content (AvgIpc) is 2.94. The van der Waals surface area contributed by atoms with Crippen molar-refractivity contribution >= 4 is 17.8 Å². The summed E-state index contributed by atoms with van der Waals surface area (Å²) >= 11 is 0. The maximum Gasteiger partial charge on any atom is 0.573 e. The van der Waals surface area contributed by atoms with Crippen molar-refractivity contribution in [2.24, 2.45) is 0 Å². The zero-order valence-corrected chi connectivity index (χ0v) is 15.1. The Kier molecular flexibility index (Phi) is 4.56. The number of rotatable bonds is 3. The Labute approximate surface area is 163 Å². The van der Waals surface area contributed by atoms with Crippen LogP contribution in [0.1, 0.15) is 12.8 Å². The quantitative estimate of drug-likeness (QED) is 0.766. The molecule has 4 rings (SSSR count). The van der Waals surface area contributed by atoms with Crippen LogP contribution in [-0.4, -0.2) is 41.9 Å². The number of urea groups is 1. The Morgan fingerprint density at radius 3 is 2.45 bits per heavy atom. The van der Waals surface area contributed by atoms with Crippen LogP contribution in [0, 0.1) is 0 Å². The summed E-state index contributed by atoms with van der Waals surface area (Å²) in [5.74, 6) is 0.0332. The Morgan fingerprint density at radius 2 is 1.79 bits per heavy atom. The first-order chi connectivity index (χ1) is 13.7. The van der Waals surface area contributed by atoms with Crippen LogP contribution in [0.4, 0.5) is 23.8 Å². The maximum absolute atomic E-state index is 12.5. The molecule has 2 aromatic rings. The Morgan fingerprint density at radius 1 is 1.07 bits per heavy atom. The van der Waals surface area contributed by atoms with Crippen LogP contribution < -0.4 is 20.3 Å². The van der Waals surface area contributed by atoms with E-state index >= 15 is 0 Å². The number of imide groups is 1. The number of alkyl halides is 3. The van der Waals surface area contributed by atoms with Gasteiger partial charge < -0.3 is 15.0 Å². The van der Waals surface area contributed by atoms with Crippen molar-refractivity contribution in [2.45, 2.75) is 24.7 Å². The molecule has 29 heavy (non-hydrogen) atoms. The molecule has 3 amide bonds. The van der Waals surface area contributed by atoms with Gasteiger partial charge in [0.15, 0.2) is 0 Å². The second-order valence-electron chi connectivity index (χ2n) is 6.96. The number of halogens is 3. The van der Waals surface area contributed by atoms with Crippen LogP contribution in [-0.2, 0) is 4.79 Å². The van der Waals surface area contributed by atoms with E-state index in [0.717, 1.165) is 0 Å². The molecule has 152 valence electrons. The third-order valence-corrected chi connectivity index (χ3v) is 5.10. The van der Waals surface area contributed by atoms with E-state index in [9.17, 15) is 22.8 Å². The van der Waals surface area contributed by atoms with E-state index < -0.39 is 17.9 Å². The van der Waals surface area contributed by atoms with Crippen LogP contribution in [0.15, 0.2) is 42.6 Å². The SMILES string of the molecule is O=C1NC(=O)C2(CCN(c3cc(-c4cccc(OC(F)(F)F)c4)ccn3)CC2)N1. The highest BCUT2D eigenvalue weighted by atomic mass is 19.4. The summed E-state index contributed by atoms with van der Waals surface area (Å²) in [6, 6.07) is 8.73. The average molecular weight is 406 g/mol. The largest absolute Gasteiger partial charge is 0.573 e. The van der Waals surface area contributed by atoms with Gasteiger partial charge in [0.2, 0.25) is 0 Å². The van der Waals surface area contributed by atoms with Gasteiger partial charge in [0.1, 0.15) is 17.1 Å². The van der Waals surface area contributed by atoms with Crippen LogP contribution in [0.25, 0.3) is 11.1 Å². The van der Waals surface area contributed by atoms with Crippen LogP contribution in [0.2, 0.25) is 0 Å². The lowest BCUT2D eigenvalue weighted by Gasteiger charge is -2.37. The van der Waals surface area contributed by atoms with Gasteiger partial charge in [-0.1, -0.05) is 12.1 Å². The number of ether oxygens (including phenoxy) is 1. The van der Waals surface area contributed by atoms with Crippen molar-refractivity contribution in [3.63, 3.8) is 0 Å². The van der Waals surface area contributed by atoms with Crippen molar-refractivity contribution in [2.75, 3.05) is 18.0 Å². The fourth-order valence-electron chi connectivity index (χ4n) is 3.64. The summed E-state index contributed by atoms with van der Waals surface area (Å²) in [6.45, 7) is 1.00. The zero-order valence-electron chi connectivity index (χ0n) is 15.1. The number of carbonyl (C=O) groups is 2. The third kappa shape index (κ3) is 3.96. The second-order valence-corrected chi connectivity index (χ2v) is 6.96. The number of carbonyl (C=O) groups excluding carboxylic acids is 2. The van der Waals surface area contributed by atoms with Gasteiger partial charge in [-0.05, 0) is 48.2 Å². The number of hydrogen-bond donors (Lipinski definition) is 2. The summed E-state index contributed by atoms with van der Waals surface area (Å²) in [5, 5.41) is 4.97. The minimum Gasteiger partial charge on any atom is -0.406 e. The number of nitrogens with zero attached hydrogens (tertiary/aromatic N) is 2. The molecule has 0 radical (unpaired) electrons. The number of pyridine rings is 1. The van der Waals surface area contributed by atoms with Gasteiger partial charge >= 0.3 is 12.4 Å². The third-order valence-electron chi connectivity index (χ3n) is 5.10. The smallest absolute Gasteiger partial charge is 0.406 e. The monoisotopic (exact) mass is 406 g/mol. The molecule has 0 aliphatic carbocycles. The van der Waals surface area contributed by atoms with Gasteiger partial charge in [-0.3, -0.25) is 10.1 Å². The molecule has 1 spiro atoms. The highest BCUT2D eigenvalue weighted by Crippen LogP contribution is 2.31. The molecule has 2 fully saturated rings. The number of nitrogens with one attached hydrogen (secondary N) is 2. The highest BCUT2D eigenvalue weighted by Gasteiger charge is 2.48. The fraction of sp³-hybridized carbons (Fsp3) is 0.316. The van der Waals surface area contributed by atoms with Crippen LogP contribution >= 0.6 is 0 Å². The second kappa shape index (κ2) is 6.94. The first-order valence-corrected chi connectivity index (χ1v) is 8.95. The van der Waals surface area contributed by atoms with E-state index in [4.69, 9.17) is 0 Å². The number of amides is 3. The fourth-order valence-corrected chi connectivity index (χ4v) is 3.64. The molecule has 2 N–H and O–H groups in total. The number of anilines is 1. The molecule has 2 aliphatic rings. The van der Waals surface area contributed by atoms with Gasteiger partial charge in [-0.15, -0.1) is 13.2 Å². The highest BCUT2D eigenvalue weighted by molar-refractivity contribution is 6.07. The molecule has 2 saturated heterocycles. The van der Waals surface area contributed by atoms with Gasteiger partial charge in [0.05, 0.1) is 0 Å². The van der Waals surface area contributed by atoms with Gasteiger partial charge in [-0.25, -0.2) is 9.78 Å². The van der Waals surface area contributed by atoms with Crippen molar-refractivity contribution in [3.05, 3.63) is 42.6 Å². The minimum atomic E-state index is -4.76. The minimum absolute atomic E-state index is 0.295. The van der Waals surface area contributed by atoms with Gasteiger partial charge in [-0.2, -0.15) is 0 Å². The molecule has 0 atom stereocenters. The topological polar surface area (TPSA) is 83.6 Å². The summed E-state index contributed by atoms with van der Waals surface area (Å²) in [5.41, 5.74) is 0.371. The normalized spacial score (nSPS) is 18.5. The molecular weight excluding hydrogens is 389 g/mol. The predicted octanol–water partition coefficient (Wildman–Crippen LogP) is 2.83. The lowest BCUT2D eigenvalue weighted by atomic mass is 9.87. The summed E-state index contributed by atoms with van der Waals surface area (Å²) < 4.78 is 41.4. The van der Waals surface area contributed by atoms with E-state index in [2.05, 4.69) is 20.4 Å². The molecule has 0 saturated carbocycles. The Hall–Kier alpha value is -3.30. The van der Waals surface area contributed by atoms with Gasteiger partial charge in [0, 0.05) is 19.3 Å². The molecule has 2 aliphatic heterocycles. The molecule has 0 bridgehead atoms. The van der Waals surface area contributed by atoms with Crippen molar-refractivity contribution < 1.29 is 27.5 Å². The lowest BCUT2D eigenvalue weighted by Crippen LogP contribution is -2.55. The molecule has 3 heterocycles. The van der Waals surface area contributed by atoms with Crippen LogP contribution in [0.3, 0.4) is 0 Å². The molecule has 0 unspecified atom stereocenters. The zero-order chi connectivity index (χ0) is 20.6. The molecule has 1 aromatic heterocycles. The van der Waals surface area contributed by atoms with Crippen molar-refractivity contribution in [1.82, 2.24) is 15.6 Å². The number of benzene rings is 1. The van der Waals surface area contributed by atoms with Crippen molar-refractivity contribution in [3.8, 4) is 16.9 Å². The lowest BCUT2D eigenvalue weighted by molar-refractivity contribution is -0.274. The standard InChI is InChI=1S/C19H17F3N4O3/c20-19(21,22)29-14-3-1-2-12(10-14)13-4-7-23-15(11-13)26-8-5-18(6-9-26)16(27)24-17(28)25-18/h1-4,7,10-11H,5-6,8-9H2,(H2,24,25,27,28). The maximum atomic E-state index is 12.5. The van der Waals surface area contributed by atoms with E-state index in [1.165, 1.54) is 18.2 Å². The Bertz CT molecular complexity index is 956. The van der Waals surface area contributed by atoms with E-state index in [1.807, 2.05) is 4.90 Å².